The van der Waals surface area contributed by atoms with Crippen LogP contribution in [-0.2, 0) is 0 Å². The maximum Gasteiger partial charge on any atom is 0.343 e. The normalized spacial score (nSPS) is 12.0. The van der Waals surface area contributed by atoms with Crippen LogP contribution >= 0.6 is 0 Å². The molecule has 0 bridgehead atoms. The minimum atomic E-state index is -0.386. The zero-order chi connectivity index (χ0) is 23.7. The van der Waals surface area contributed by atoms with Gasteiger partial charge in [-0.25, -0.2) is 4.79 Å². The summed E-state index contributed by atoms with van der Waals surface area (Å²) < 4.78 is 17.0. The number of unbranched alkanes of at least 4 members (excludes halogenated alkanes) is 4. The highest BCUT2D eigenvalue weighted by Crippen LogP contribution is 2.20. The molecule has 0 fully saturated rings. The van der Waals surface area contributed by atoms with Crippen molar-refractivity contribution in [1.82, 2.24) is 0 Å². The van der Waals surface area contributed by atoms with Gasteiger partial charge in [0.1, 0.15) is 17.2 Å². The van der Waals surface area contributed by atoms with Crippen LogP contribution in [0.5, 0.6) is 17.2 Å². The van der Waals surface area contributed by atoms with Crippen molar-refractivity contribution in [3.63, 3.8) is 0 Å². The zero-order valence-corrected chi connectivity index (χ0v) is 20.6. The van der Waals surface area contributed by atoms with Crippen LogP contribution in [0.2, 0.25) is 0 Å². The van der Waals surface area contributed by atoms with Crippen LogP contribution in [0.15, 0.2) is 60.7 Å². The lowest BCUT2D eigenvalue weighted by Gasteiger charge is -2.10. The first-order chi connectivity index (χ1) is 16.1. The Labute approximate surface area is 200 Å². The highest BCUT2D eigenvalue weighted by atomic mass is 16.5. The Morgan fingerprint density at radius 1 is 0.818 bits per heavy atom. The molecule has 0 amide bonds. The van der Waals surface area contributed by atoms with E-state index < -0.39 is 0 Å². The number of carbonyl (C=O) groups excluding carboxylic acids is 1. The van der Waals surface area contributed by atoms with Gasteiger partial charge in [-0.15, -0.1) is 0 Å². The fraction of sp³-hybridized carbons (Fsp3) is 0.483. The number of esters is 1. The summed E-state index contributed by atoms with van der Waals surface area (Å²) in [6.45, 7) is 7.97. The lowest BCUT2D eigenvalue weighted by Crippen LogP contribution is -2.08. The molecular formula is C29H40O4. The largest absolute Gasteiger partial charge is 0.494 e. The molecule has 2 aromatic carbocycles. The molecule has 0 unspecified atom stereocenters. The number of rotatable bonds is 16. The Morgan fingerprint density at radius 2 is 1.39 bits per heavy atom. The molecule has 0 heterocycles. The van der Waals surface area contributed by atoms with Crippen molar-refractivity contribution in [3.8, 4) is 17.2 Å². The van der Waals surface area contributed by atoms with Crippen LogP contribution in [0.4, 0.5) is 0 Å². The maximum absolute atomic E-state index is 12.4. The zero-order valence-electron chi connectivity index (χ0n) is 20.6. The van der Waals surface area contributed by atoms with Crippen LogP contribution in [0.25, 0.3) is 0 Å². The first-order valence-electron chi connectivity index (χ1n) is 12.4. The molecule has 0 aliphatic carbocycles. The van der Waals surface area contributed by atoms with Crippen LogP contribution in [0.3, 0.4) is 0 Å². The Balaban J connectivity index is 1.67. The van der Waals surface area contributed by atoms with Crippen molar-refractivity contribution < 1.29 is 19.0 Å². The van der Waals surface area contributed by atoms with Gasteiger partial charge < -0.3 is 14.2 Å². The minimum absolute atomic E-state index is 0.386. The predicted octanol–water partition coefficient (Wildman–Crippen LogP) is 8.02. The third-order valence-corrected chi connectivity index (χ3v) is 5.70. The second-order valence-corrected chi connectivity index (χ2v) is 8.51. The molecule has 2 aromatic rings. The van der Waals surface area contributed by atoms with E-state index in [1.54, 1.807) is 24.3 Å². The number of carbonyl (C=O) groups is 1. The molecule has 0 spiro atoms. The van der Waals surface area contributed by atoms with Crippen LogP contribution in [-0.4, -0.2) is 19.2 Å². The van der Waals surface area contributed by atoms with E-state index in [1.165, 1.54) is 25.7 Å². The summed E-state index contributed by atoms with van der Waals surface area (Å²) in [5.74, 6) is 2.49. The summed E-state index contributed by atoms with van der Waals surface area (Å²) in [5.41, 5.74) is 0.494. The van der Waals surface area contributed by atoms with Crippen LogP contribution < -0.4 is 14.2 Å². The molecule has 0 aliphatic rings. The van der Waals surface area contributed by atoms with Crippen LogP contribution in [0, 0.1) is 5.92 Å². The molecule has 0 radical (unpaired) electrons. The smallest absolute Gasteiger partial charge is 0.343 e. The van der Waals surface area contributed by atoms with E-state index in [2.05, 4.69) is 26.0 Å². The van der Waals surface area contributed by atoms with Crippen molar-refractivity contribution >= 4 is 5.97 Å². The quantitative estimate of drug-likeness (QED) is 0.112. The Bertz CT molecular complexity index is 809. The van der Waals surface area contributed by atoms with Crippen molar-refractivity contribution in [3.05, 3.63) is 66.2 Å². The monoisotopic (exact) mass is 452 g/mol. The summed E-state index contributed by atoms with van der Waals surface area (Å²) in [5, 5.41) is 0. The fourth-order valence-electron chi connectivity index (χ4n) is 3.34. The number of benzene rings is 2. The van der Waals surface area contributed by atoms with Gasteiger partial charge in [0.2, 0.25) is 0 Å². The Morgan fingerprint density at radius 3 is 2.00 bits per heavy atom. The van der Waals surface area contributed by atoms with Crippen molar-refractivity contribution in [2.24, 2.45) is 5.92 Å². The first-order valence-corrected chi connectivity index (χ1v) is 12.4. The fourth-order valence-corrected chi connectivity index (χ4v) is 3.34. The van der Waals surface area contributed by atoms with Gasteiger partial charge in [0.25, 0.3) is 0 Å². The SMILES string of the molecule is C/C=C\CCCCOc1ccc(C(=O)Oc2ccc(OCCCCC[C@@H](C)CC)cc2)cc1. The van der Waals surface area contributed by atoms with Gasteiger partial charge in [-0.2, -0.15) is 0 Å². The molecule has 0 saturated carbocycles. The minimum Gasteiger partial charge on any atom is -0.494 e. The van der Waals surface area contributed by atoms with Gasteiger partial charge in [0, 0.05) is 0 Å². The van der Waals surface area contributed by atoms with Crippen molar-refractivity contribution in [1.29, 1.82) is 0 Å². The Kier molecular flexibility index (Phi) is 12.8. The second kappa shape index (κ2) is 16.0. The summed E-state index contributed by atoms with van der Waals surface area (Å²) in [6.07, 6.45) is 13.5. The highest BCUT2D eigenvalue weighted by molar-refractivity contribution is 5.91. The molecule has 0 aliphatic heterocycles. The molecule has 33 heavy (non-hydrogen) atoms. The van der Waals surface area contributed by atoms with Gasteiger partial charge in [-0.3, -0.25) is 0 Å². The molecule has 0 N–H and O–H groups in total. The molecule has 1 atom stereocenters. The number of hydrogen-bond donors (Lipinski definition) is 0. The standard InChI is InChI=1S/C29H40O4/c1-4-6-7-8-11-22-31-26-16-14-25(15-17-26)29(30)33-28-20-18-27(19-21-28)32-23-12-9-10-13-24(3)5-2/h4,6,14-21,24H,5,7-13,22-23H2,1-3H3/b6-4-/t24-/m0/s1. The van der Waals surface area contributed by atoms with E-state index in [9.17, 15) is 4.79 Å². The average molecular weight is 453 g/mol. The first kappa shape index (κ1) is 26.5. The Hall–Kier alpha value is -2.75. The van der Waals surface area contributed by atoms with E-state index in [-0.39, 0.29) is 5.97 Å². The van der Waals surface area contributed by atoms with Crippen molar-refractivity contribution in [2.75, 3.05) is 13.2 Å². The van der Waals surface area contributed by atoms with Crippen molar-refractivity contribution in [2.45, 2.75) is 72.1 Å². The van der Waals surface area contributed by atoms with Gasteiger partial charge in [0.15, 0.2) is 0 Å². The van der Waals surface area contributed by atoms with Gasteiger partial charge in [0.05, 0.1) is 18.8 Å². The summed E-state index contributed by atoms with van der Waals surface area (Å²) in [4.78, 5) is 12.4. The number of allylic oxidation sites excluding steroid dienone is 2. The van der Waals surface area contributed by atoms with Gasteiger partial charge >= 0.3 is 5.97 Å². The maximum atomic E-state index is 12.4. The van der Waals surface area contributed by atoms with E-state index >= 15 is 0 Å². The summed E-state index contributed by atoms with van der Waals surface area (Å²) >= 11 is 0. The number of hydrogen-bond acceptors (Lipinski definition) is 4. The van der Waals surface area contributed by atoms with E-state index in [0.29, 0.717) is 24.5 Å². The van der Waals surface area contributed by atoms with Gasteiger partial charge in [-0.05, 0) is 87.1 Å². The molecule has 0 aromatic heterocycles. The predicted molar refractivity (Wildman–Crippen MR) is 135 cm³/mol. The molecule has 2 rings (SSSR count). The summed E-state index contributed by atoms with van der Waals surface area (Å²) in [6, 6.07) is 14.3. The molecule has 4 heteroatoms. The molecule has 4 nitrogen and oxygen atoms in total. The van der Waals surface area contributed by atoms with Crippen LogP contribution in [0.1, 0.15) is 82.5 Å². The lowest BCUT2D eigenvalue weighted by molar-refractivity contribution is 0.0734. The van der Waals surface area contributed by atoms with E-state index in [4.69, 9.17) is 14.2 Å². The topological polar surface area (TPSA) is 44.8 Å². The lowest BCUT2D eigenvalue weighted by atomic mass is 10.0. The third kappa shape index (κ3) is 11.1. The molecule has 180 valence electrons. The average Bonchev–Trinajstić information content (AvgIpc) is 2.84. The molecular weight excluding hydrogens is 412 g/mol. The van der Waals surface area contributed by atoms with Gasteiger partial charge in [-0.1, -0.05) is 51.7 Å². The molecule has 0 saturated heterocycles. The van der Waals surface area contributed by atoms with E-state index in [1.807, 2.05) is 31.2 Å². The third-order valence-electron chi connectivity index (χ3n) is 5.70. The second-order valence-electron chi connectivity index (χ2n) is 8.51. The number of ether oxygens (including phenoxy) is 3. The van der Waals surface area contributed by atoms with E-state index in [0.717, 1.165) is 43.1 Å². The summed E-state index contributed by atoms with van der Waals surface area (Å²) in [7, 11) is 0. The highest BCUT2D eigenvalue weighted by Gasteiger charge is 2.09.